The molecule has 0 fully saturated rings. The maximum absolute atomic E-state index is 12.0. The molecule has 18 heavy (non-hydrogen) atoms. The van der Waals surface area contributed by atoms with Gasteiger partial charge in [-0.3, -0.25) is 4.72 Å². The van der Waals surface area contributed by atoms with Crippen LogP contribution in [0, 0.1) is 0 Å². The van der Waals surface area contributed by atoms with Crippen LogP contribution in [-0.4, -0.2) is 18.4 Å². The summed E-state index contributed by atoms with van der Waals surface area (Å²) in [5.74, 6) is 0.144. The molecule has 0 aliphatic heterocycles. The molecule has 0 saturated carbocycles. The highest BCUT2D eigenvalue weighted by Crippen LogP contribution is 2.23. The second kappa shape index (κ2) is 5.21. The standard InChI is InChI=1S/C10H10ClN3O2S2/c1-2-7-3-4-10(17-7)18(15,16)14-9-6-12-8(11)5-13-9/h3-6H,2H2,1H3,(H,13,14). The van der Waals surface area contributed by atoms with Gasteiger partial charge < -0.3 is 0 Å². The van der Waals surface area contributed by atoms with Gasteiger partial charge in [-0.2, -0.15) is 0 Å². The first-order valence-electron chi connectivity index (χ1n) is 5.10. The quantitative estimate of drug-likeness (QED) is 0.942. The number of hydrogen-bond donors (Lipinski definition) is 1. The largest absolute Gasteiger partial charge is 0.272 e. The third-order valence-corrected chi connectivity index (χ3v) is 5.38. The summed E-state index contributed by atoms with van der Waals surface area (Å²) in [6.45, 7) is 1.97. The van der Waals surface area contributed by atoms with Crippen molar-refractivity contribution in [3.8, 4) is 0 Å². The van der Waals surface area contributed by atoms with Crippen LogP contribution in [0.2, 0.25) is 5.15 Å². The second-order valence-electron chi connectivity index (χ2n) is 3.40. The molecule has 2 aromatic heterocycles. The van der Waals surface area contributed by atoms with E-state index in [0.717, 1.165) is 11.3 Å². The molecule has 0 amide bonds. The Kier molecular flexibility index (Phi) is 3.84. The van der Waals surface area contributed by atoms with Gasteiger partial charge in [0.1, 0.15) is 9.36 Å². The van der Waals surface area contributed by atoms with E-state index in [1.54, 1.807) is 12.1 Å². The van der Waals surface area contributed by atoms with E-state index in [-0.39, 0.29) is 15.2 Å². The maximum atomic E-state index is 12.0. The van der Waals surface area contributed by atoms with Crippen LogP contribution in [0.1, 0.15) is 11.8 Å². The van der Waals surface area contributed by atoms with E-state index in [9.17, 15) is 8.42 Å². The molecule has 0 aromatic carbocycles. The van der Waals surface area contributed by atoms with E-state index >= 15 is 0 Å². The molecule has 0 aliphatic rings. The van der Waals surface area contributed by atoms with Gasteiger partial charge in [-0.15, -0.1) is 11.3 Å². The minimum atomic E-state index is -3.59. The number of sulfonamides is 1. The van der Waals surface area contributed by atoms with Gasteiger partial charge in [0.15, 0.2) is 5.82 Å². The van der Waals surface area contributed by atoms with Crippen LogP contribution < -0.4 is 4.72 Å². The van der Waals surface area contributed by atoms with Crippen molar-refractivity contribution < 1.29 is 8.42 Å². The van der Waals surface area contributed by atoms with E-state index < -0.39 is 10.0 Å². The number of aromatic nitrogens is 2. The van der Waals surface area contributed by atoms with Crippen molar-refractivity contribution in [2.24, 2.45) is 0 Å². The van der Waals surface area contributed by atoms with Gasteiger partial charge >= 0.3 is 0 Å². The van der Waals surface area contributed by atoms with Gasteiger partial charge in [0.25, 0.3) is 10.0 Å². The number of aryl methyl sites for hydroxylation is 1. The Balaban J connectivity index is 2.24. The van der Waals surface area contributed by atoms with Crippen molar-refractivity contribution >= 4 is 38.8 Å². The fraction of sp³-hybridized carbons (Fsp3) is 0.200. The number of nitrogens with one attached hydrogen (secondary N) is 1. The first-order chi connectivity index (χ1) is 8.51. The number of hydrogen-bond acceptors (Lipinski definition) is 5. The summed E-state index contributed by atoms with van der Waals surface area (Å²) in [5, 5.41) is 0.211. The van der Waals surface area contributed by atoms with E-state index in [1.807, 2.05) is 6.92 Å². The first-order valence-corrected chi connectivity index (χ1v) is 7.78. The van der Waals surface area contributed by atoms with Gasteiger partial charge in [-0.05, 0) is 18.6 Å². The first kappa shape index (κ1) is 13.3. The summed E-state index contributed by atoms with van der Waals surface area (Å²) in [5.41, 5.74) is 0. The summed E-state index contributed by atoms with van der Waals surface area (Å²) < 4.78 is 26.6. The lowest BCUT2D eigenvalue weighted by Crippen LogP contribution is -2.12. The Bertz CT molecular complexity index is 637. The molecule has 1 N–H and O–H groups in total. The van der Waals surface area contributed by atoms with E-state index in [2.05, 4.69) is 14.7 Å². The van der Waals surface area contributed by atoms with Crippen LogP contribution >= 0.6 is 22.9 Å². The van der Waals surface area contributed by atoms with Crippen LogP contribution in [0.4, 0.5) is 5.82 Å². The van der Waals surface area contributed by atoms with Gasteiger partial charge in [0.2, 0.25) is 0 Å². The minimum Gasteiger partial charge on any atom is -0.261 e. The topological polar surface area (TPSA) is 72.0 Å². The number of thiophene rings is 1. The van der Waals surface area contributed by atoms with Crippen LogP contribution in [0.15, 0.2) is 28.7 Å². The SMILES string of the molecule is CCc1ccc(S(=O)(=O)Nc2cnc(Cl)cn2)s1. The van der Waals surface area contributed by atoms with E-state index in [4.69, 9.17) is 11.6 Å². The fourth-order valence-electron chi connectivity index (χ4n) is 1.25. The normalized spacial score (nSPS) is 11.4. The van der Waals surface area contributed by atoms with Crippen LogP contribution in [0.5, 0.6) is 0 Å². The molecule has 5 nitrogen and oxygen atoms in total. The molecule has 0 radical (unpaired) electrons. The van der Waals surface area contributed by atoms with Crippen LogP contribution in [0.3, 0.4) is 0 Å². The highest BCUT2D eigenvalue weighted by Gasteiger charge is 2.17. The Hall–Kier alpha value is -1.18. The summed E-state index contributed by atoms with van der Waals surface area (Å²) >= 11 is 6.81. The molecule has 0 saturated heterocycles. The van der Waals surface area contributed by atoms with Crippen LogP contribution in [0.25, 0.3) is 0 Å². The number of rotatable bonds is 4. The Morgan fingerprint density at radius 3 is 2.67 bits per heavy atom. The summed E-state index contributed by atoms with van der Waals surface area (Å²) in [4.78, 5) is 8.61. The highest BCUT2D eigenvalue weighted by molar-refractivity contribution is 7.94. The van der Waals surface area contributed by atoms with Crippen molar-refractivity contribution in [3.63, 3.8) is 0 Å². The number of anilines is 1. The average Bonchev–Trinajstić information content (AvgIpc) is 2.81. The summed E-state index contributed by atoms with van der Waals surface area (Å²) in [7, 11) is -3.59. The monoisotopic (exact) mass is 303 g/mol. The van der Waals surface area contributed by atoms with Gasteiger partial charge in [-0.25, -0.2) is 18.4 Å². The van der Waals surface area contributed by atoms with Crippen molar-refractivity contribution in [1.29, 1.82) is 0 Å². The molecular weight excluding hydrogens is 294 g/mol. The minimum absolute atomic E-state index is 0.144. The van der Waals surface area contributed by atoms with Crippen molar-refractivity contribution in [1.82, 2.24) is 9.97 Å². The Labute approximate surface area is 114 Å². The molecule has 0 spiro atoms. The Morgan fingerprint density at radius 2 is 2.11 bits per heavy atom. The lowest BCUT2D eigenvalue weighted by molar-refractivity contribution is 0.603. The highest BCUT2D eigenvalue weighted by atomic mass is 35.5. The molecule has 8 heteroatoms. The lowest BCUT2D eigenvalue weighted by Gasteiger charge is -2.04. The molecule has 0 unspecified atom stereocenters. The number of nitrogens with zero attached hydrogens (tertiary/aromatic N) is 2. The molecule has 0 atom stereocenters. The van der Waals surface area contributed by atoms with E-state index in [0.29, 0.717) is 0 Å². The molecule has 2 heterocycles. The van der Waals surface area contributed by atoms with Crippen molar-refractivity contribution in [3.05, 3.63) is 34.6 Å². The average molecular weight is 304 g/mol. The van der Waals surface area contributed by atoms with Crippen molar-refractivity contribution in [2.75, 3.05) is 4.72 Å². The summed E-state index contributed by atoms with van der Waals surface area (Å²) in [6, 6.07) is 3.38. The zero-order chi connectivity index (χ0) is 13.2. The smallest absolute Gasteiger partial charge is 0.261 e. The van der Waals surface area contributed by atoms with Gasteiger partial charge in [0.05, 0.1) is 12.4 Å². The second-order valence-corrected chi connectivity index (χ2v) is 6.87. The molecule has 2 aromatic rings. The lowest BCUT2D eigenvalue weighted by atomic mass is 10.4. The molecule has 0 aliphatic carbocycles. The predicted molar refractivity (Wildman–Crippen MR) is 71.5 cm³/mol. The predicted octanol–water partition coefficient (Wildman–Crippen LogP) is 2.55. The zero-order valence-corrected chi connectivity index (χ0v) is 11.8. The number of halogens is 1. The molecule has 96 valence electrons. The Morgan fingerprint density at radius 1 is 1.33 bits per heavy atom. The fourth-order valence-corrected chi connectivity index (χ4v) is 3.63. The third-order valence-electron chi connectivity index (χ3n) is 2.11. The van der Waals surface area contributed by atoms with E-state index in [1.165, 1.54) is 23.7 Å². The molecule has 2 rings (SSSR count). The third kappa shape index (κ3) is 2.98. The molecular formula is C10H10ClN3O2S2. The maximum Gasteiger partial charge on any atom is 0.272 e. The van der Waals surface area contributed by atoms with Crippen molar-refractivity contribution in [2.45, 2.75) is 17.6 Å². The summed E-state index contributed by atoms with van der Waals surface area (Å²) in [6.07, 6.45) is 3.36. The molecule has 0 bridgehead atoms. The van der Waals surface area contributed by atoms with Gasteiger partial charge in [0, 0.05) is 4.88 Å². The van der Waals surface area contributed by atoms with Crippen LogP contribution in [-0.2, 0) is 16.4 Å². The zero-order valence-electron chi connectivity index (χ0n) is 9.42. The van der Waals surface area contributed by atoms with Gasteiger partial charge in [-0.1, -0.05) is 18.5 Å².